The van der Waals surface area contributed by atoms with Gasteiger partial charge in [-0.3, -0.25) is 0 Å². The molecule has 2 rings (SSSR count). The zero-order valence-electron chi connectivity index (χ0n) is 10.3. The zero-order valence-corrected chi connectivity index (χ0v) is 10.3. The molecule has 1 saturated carbocycles. The summed E-state index contributed by atoms with van der Waals surface area (Å²) in [5.74, 6) is 0.856. The Balaban J connectivity index is 2.07. The van der Waals surface area contributed by atoms with E-state index in [0.717, 1.165) is 12.5 Å². The van der Waals surface area contributed by atoms with E-state index in [1.54, 1.807) is 0 Å². The van der Waals surface area contributed by atoms with E-state index in [1.807, 2.05) is 0 Å². The molecule has 1 heteroatoms. The standard InChI is InChI=1S/C15H23N/c1-2-12-16-15(14-10-6-7-11-14)13-8-4-3-5-9-13/h3-5,8-9,14-16H,2,6-7,10-12H2,1H3. The van der Waals surface area contributed by atoms with E-state index in [9.17, 15) is 0 Å². The van der Waals surface area contributed by atoms with Gasteiger partial charge in [0, 0.05) is 6.04 Å². The highest BCUT2D eigenvalue weighted by Gasteiger charge is 2.25. The first-order valence-electron chi connectivity index (χ1n) is 6.70. The summed E-state index contributed by atoms with van der Waals surface area (Å²) in [7, 11) is 0. The van der Waals surface area contributed by atoms with Gasteiger partial charge in [0.25, 0.3) is 0 Å². The minimum absolute atomic E-state index is 0.587. The number of hydrogen-bond acceptors (Lipinski definition) is 1. The Bertz CT molecular complexity index is 288. The molecule has 1 unspecified atom stereocenters. The average Bonchev–Trinajstić information content (AvgIpc) is 2.85. The Morgan fingerprint density at radius 1 is 1.19 bits per heavy atom. The van der Waals surface area contributed by atoms with Crippen molar-refractivity contribution in [1.29, 1.82) is 0 Å². The number of nitrogens with one attached hydrogen (secondary N) is 1. The van der Waals surface area contributed by atoms with E-state index in [-0.39, 0.29) is 0 Å². The second-order valence-corrected chi connectivity index (χ2v) is 4.89. The highest BCUT2D eigenvalue weighted by Crippen LogP contribution is 2.35. The molecule has 1 aliphatic carbocycles. The first-order chi connectivity index (χ1) is 7.92. The number of hydrogen-bond donors (Lipinski definition) is 1. The zero-order chi connectivity index (χ0) is 11.2. The van der Waals surface area contributed by atoms with Crippen LogP contribution < -0.4 is 5.32 Å². The van der Waals surface area contributed by atoms with Crippen molar-refractivity contribution in [2.24, 2.45) is 5.92 Å². The topological polar surface area (TPSA) is 12.0 Å². The first-order valence-corrected chi connectivity index (χ1v) is 6.70. The first kappa shape index (κ1) is 11.7. The summed E-state index contributed by atoms with van der Waals surface area (Å²) in [4.78, 5) is 0. The van der Waals surface area contributed by atoms with Gasteiger partial charge in [0.15, 0.2) is 0 Å². The summed E-state index contributed by atoms with van der Waals surface area (Å²) in [5, 5.41) is 3.73. The molecule has 1 aromatic rings. The lowest BCUT2D eigenvalue weighted by Crippen LogP contribution is -2.27. The lowest BCUT2D eigenvalue weighted by atomic mass is 9.91. The third-order valence-corrected chi connectivity index (χ3v) is 3.64. The fourth-order valence-electron chi connectivity index (χ4n) is 2.81. The van der Waals surface area contributed by atoms with E-state index in [4.69, 9.17) is 0 Å². The maximum absolute atomic E-state index is 3.73. The summed E-state index contributed by atoms with van der Waals surface area (Å²) in [6.45, 7) is 3.37. The smallest absolute Gasteiger partial charge is 0.0348 e. The van der Waals surface area contributed by atoms with Crippen LogP contribution in [0.3, 0.4) is 0 Å². The average molecular weight is 217 g/mol. The van der Waals surface area contributed by atoms with Gasteiger partial charge in [-0.15, -0.1) is 0 Å². The van der Waals surface area contributed by atoms with Gasteiger partial charge in [-0.25, -0.2) is 0 Å². The maximum atomic E-state index is 3.73. The molecule has 0 radical (unpaired) electrons. The molecule has 16 heavy (non-hydrogen) atoms. The van der Waals surface area contributed by atoms with Crippen LogP contribution in [-0.4, -0.2) is 6.54 Å². The second-order valence-electron chi connectivity index (χ2n) is 4.89. The minimum Gasteiger partial charge on any atom is -0.310 e. The van der Waals surface area contributed by atoms with Crippen molar-refractivity contribution < 1.29 is 0 Å². The minimum atomic E-state index is 0.587. The molecule has 0 amide bonds. The Kier molecular flexibility index (Phi) is 4.41. The second kappa shape index (κ2) is 6.05. The van der Waals surface area contributed by atoms with Crippen LogP contribution in [0.4, 0.5) is 0 Å². The van der Waals surface area contributed by atoms with Crippen LogP contribution in [0.2, 0.25) is 0 Å². The Labute approximate surface area is 99.3 Å². The highest BCUT2D eigenvalue weighted by atomic mass is 14.9. The quantitative estimate of drug-likeness (QED) is 0.788. The Morgan fingerprint density at radius 3 is 2.50 bits per heavy atom. The molecule has 1 aromatic carbocycles. The predicted molar refractivity (Wildman–Crippen MR) is 69.4 cm³/mol. The molecule has 0 spiro atoms. The fraction of sp³-hybridized carbons (Fsp3) is 0.600. The van der Waals surface area contributed by atoms with Crippen LogP contribution >= 0.6 is 0 Å². The molecular weight excluding hydrogens is 194 g/mol. The van der Waals surface area contributed by atoms with Gasteiger partial charge in [-0.1, -0.05) is 50.1 Å². The van der Waals surface area contributed by atoms with E-state index in [1.165, 1.54) is 37.7 Å². The molecule has 0 bridgehead atoms. The van der Waals surface area contributed by atoms with Crippen molar-refractivity contribution in [2.45, 2.75) is 45.1 Å². The lowest BCUT2D eigenvalue weighted by molar-refractivity contribution is 0.368. The third-order valence-electron chi connectivity index (χ3n) is 3.64. The van der Waals surface area contributed by atoms with Gasteiger partial charge in [0.2, 0.25) is 0 Å². The molecular formula is C15H23N. The molecule has 1 atom stereocenters. The van der Waals surface area contributed by atoms with Crippen molar-refractivity contribution >= 4 is 0 Å². The third kappa shape index (κ3) is 2.85. The molecule has 0 aromatic heterocycles. The Morgan fingerprint density at radius 2 is 1.88 bits per heavy atom. The van der Waals surface area contributed by atoms with Crippen LogP contribution in [0.5, 0.6) is 0 Å². The fourth-order valence-corrected chi connectivity index (χ4v) is 2.81. The molecule has 0 heterocycles. The van der Waals surface area contributed by atoms with Gasteiger partial charge in [0.05, 0.1) is 0 Å². The normalized spacial score (nSPS) is 18.8. The predicted octanol–water partition coefficient (Wildman–Crippen LogP) is 3.92. The van der Waals surface area contributed by atoms with Crippen molar-refractivity contribution in [2.75, 3.05) is 6.54 Å². The molecule has 1 fully saturated rings. The van der Waals surface area contributed by atoms with Crippen molar-refractivity contribution in [1.82, 2.24) is 5.32 Å². The van der Waals surface area contributed by atoms with Crippen LogP contribution in [-0.2, 0) is 0 Å². The van der Waals surface area contributed by atoms with Crippen LogP contribution in [0.15, 0.2) is 30.3 Å². The molecule has 1 N–H and O–H groups in total. The summed E-state index contributed by atoms with van der Waals surface area (Å²) in [5.41, 5.74) is 1.47. The van der Waals surface area contributed by atoms with Gasteiger partial charge < -0.3 is 5.32 Å². The summed E-state index contributed by atoms with van der Waals surface area (Å²) < 4.78 is 0. The number of rotatable bonds is 5. The SMILES string of the molecule is CCCNC(c1ccccc1)C1CCCC1. The Hall–Kier alpha value is -0.820. The number of benzene rings is 1. The van der Waals surface area contributed by atoms with Crippen LogP contribution in [0.1, 0.15) is 50.6 Å². The van der Waals surface area contributed by atoms with Crippen molar-refractivity contribution in [3.05, 3.63) is 35.9 Å². The molecule has 1 nitrogen and oxygen atoms in total. The summed E-state index contributed by atoms with van der Waals surface area (Å²) in [6, 6.07) is 11.5. The lowest BCUT2D eigenvalue weighted by Gasteiger charge is -2.25. The maximum Gasteiger partial charge on any atom is 0.0348 e. The van der Waals surface area contributed by atoms with Crippen molar-refractivity contribution in [3.8, 4) is 0 Å². The van der Waals surface area contributed by atoms with Crippen molar-refractivity contribution in [3.63, 3.8) is 0 Å². The largest absolute Gasteiger partial charge is 0.310 e. The van der Waals surface area contributed by atoms with Gasteiger partial charge in [-0.05, 0) is 37.3 Å². The van der Waals surface area contributed by atoms with Crippen LogP contribution in [0, 0.1) is 5.92 Å². The monoisotopic (exact) mass is 217 g/mol. The molecule has 0 saturated heterocycles. The molecule has 1 aliphatic rings. The van der Waals surface area contributed by atoms with Gasteiger partial charge in [-0.2, -0.15) is 0 Å². The van der Waals surface area contributed by atoms with E-state index < -0.39 is 0 Å². The molecule has 0 aliphatic heterocycles. The van der Waals surface area contributed by atoms with E-state index in [0.29, 0.717) is 6.04 Å². The van der Waals surface area contributed by atoms with Gasteiger partial charge >= 0.3 is 0 Å². The van der Waals surface area contributed by atoms with E-state index in [2.05, 4.69) is 42.6 Å². The van der Waals surface area contributed by atoms with Gasteiger partial charge in [0.1, 0.15) is 0 Å². The van der Waals surface area contributed by atoms with E-state index >= 15 is 0 Å². The summed E-state index contributed by atoms with van der Waals surface area (Å²) in [6.07, 6.45) is 6.85. The highest BCUT2D eigenvalue weighted by molar-refractivity contribution is 5.20. The van der Waals surface area contributed by atoms with Crippen LogP contribution in [0.25, 0.3) is 0 Å². The summed E-state index contributed by atoms with van der Waals surface area (Å²) >= 11 is 0. The molecule has 88 valence electrons.